The van der Waals surface area contributed by atoms with Crippen LogP contribution >= 0.6 is 0 Å². The maximum Gasteiger partial charge on any atom is 0.341 e. The third-order valence-corrected chi connectivity index (χ3v) is 6.31. The molecule has 1 aromatic carbocycles. The highest BCUT2D eigenvalue weighted by Gasteiger charge is 2.39. The predicted octanol–water partition coefficient (Wildman–Crippen LogP) is 4.26. The Morgan fingerprint density at radius 2 is 1.94 bits per heavy atom. The van der Waals surface area contributed by atoms with E-state index >= 15 is 0 Å². The molecule has 5 rings (SSSR count). The van der Waals surface area contributed by atoms with Gasteiger partial charge in [0.1, 0.15) is 11.3 Å². The standard InChI is InChI=1S/C24H25N3O4/c1-24(2,3)19-12-27-22(17-10-18(29)16(23(30)31)11-26(17)19)20(21(25-27)13-7-8-13)14-5-4-6-15(28)9-14/h4-6,9-11,13,19,28H,7-8,12H2,1-3H3,(H,30,31)/t19-/m0/s1. The van der Waals surface area contributed by atoms with Gasteiger partial charge >= 0.3 is 5.97 Å². The van der Waals surface area contributed by atoms with Crippen LogP contribution < -0.4 is 5.43 Å². The number of aromatic nitrogens is 3. The highest BCUT2D eigenvalue weighted by atomic mass is 16.4. The van der Waals surface area contributed by atoms with E-state index in [2.05, 4.69) is 20.8 Å². The zero-order chi connectivity index (χ0) is 22.1. The number of nitrogens with zero attached hydrogens (tertiary/aromatic N) is 3. The molecule has 0 spiro atoms. The zero-order valence-corrected chi connectivity index (χ0v) is 17.8. The lowest BCUT2D eigenvalue weighted by atomic mass is 9.84. The largest absolute Gasteiger partial charge is 0.508 e. The number of carboxylic acids is 1. The van der Waals surface area contributed by atoms with Gasteiger partial charge in [0, 0.05) is 23.7 Å². The molecule has 160 valence electrons. The Kier molecular flexibility index (Phi) is 4.16. The van der Waals surface area contributed by atoms with E-state index in [9.17, 15) is 19.8 Å². The number of phenols is 1. The van der Waals surface area contributed by atoms with Crippen LogP contribution in [0.1, 0.15) is 61.6 Å². The van der Waals surface area contributed by atoms with Crippen molar-refractivity contribution >= 4 is 5.97 Å². The van der Waals surface area contributed by atoms with Crippen molar-refractivity contribution in [1.82, 2.24) is 14.3 Å². The Labute approximate surface area is 179 Å². The number of hydrogen-bond donors (Lipinski definition) is 2. The number of fused-ring (bicyclic) bond motifs is 3. The van der Waals surface area contributed by atoms with Crippen molar-refractivity contribution in [2.24, 2.45) is 5.41 Å². The van der Waals surface area contributed by atoms with E-state index in [0.29, 0.717) is 18.2 Å². The third-order valence-electron chi connectivity index (χ3n) is 6.31. The third kappa shape index (κ3) is 3.15. The first kappa shape index (κ1) is 19.6. The second-order valence-corrected chi connectivity index (χ2v) is 9.65. The summed E-state index contributed by atoms with van der Waals surface area (Å²) in [5.41, 5.74) is 3.29. The molecule has 0 radical (unpaired) electrons. The Morgan fingerprint density at radius 3 is 2.55 bits per heavy atom. The molecule has 3 heterocycles. The van der Waals surface area contributed by atoms with Gasteiger partial charge in [-0.3, -0.25) is 9.48 Å². The fourth-order valence-corrected chi connectivity index (χ4v) is 4.56. The first-order valence-electron chi connectivity index (χ1n) is 10.5. The topological polar surface area (TPSA) is 97.3 Å². The molecule has 7 nitrogen and oxygen atoms in total. The van der Waals surface area contributed by atoms with Gasteiger partial charge < -0.3 is 14.8 Å². The smallest absolute Gasteiger partial charge is 0.341 e. The summed E-state index contributed by atoms with van der Waals surface area (Å²) in [5.74, 6) is -0.692. The van der Waals surface area contributed by atoms with Crippen molar-refractivity contribution < 1.29 is 15.0 Å². The monoisotopic (exact) mass is 419 g/mol. The summed E-state index contributed by atoms with van der Waals surface area (Å²) in [6.07, 6.45) is 3.61. The van der Waals surface area contributed by atoms with Crippen LogP contribution in [0.5, 0.6) is 5.75 Å². The number of rotatable bonds is 3. The zero-order valence-electron chi connectivity index (χ0n) is 17.8. The minimum absolute atomic E-state index is 0.0716. The molecule has 0 unspecified atom stereocenters. The molecular weight excluding hydrogens is 394 g/mol. The van der Waals surface area contributed by atoms with E-state index in [1.54, 1.807) is 18.2 Å². The van der Waals surface area contributed by atoms with E-state index in [-0.39, 0.29) is 22.8 Å². The molecule has 2 aromatic heterocycles. The molecule has 0 saturated heterocycles. The average Bonchev–Trinajstić information content (AvgIpc) is 3.45. The van der Waals surface area contributed by atoms with Crippen molar-refractivity contribution in [3.8, 4) is 28.3 Å². The van der Waals surface area contributed by atoms with E-state index < -0.39 is 11.4 Å². The predicted molar refractivity (Wildman–Crippen MR) is 116 cm³/mol. The summed E-state index contributed by atoms with van der Waals surface area (Å²) in [4.78, 5) is 24.4. The molecule has 2 N–H and O–H groups in total. The van der Waals surface area contributed by atoms with Crippen LogP contribution in [-0.2, 0) is 6.54 Å². The number of phenolic OH excluding ortho intramolecular Hbond substituents is 1. The summed E-state index contributed by atoms with van der Waals surface area (Å²) in [7, 11) is 0. The number of aromatic carboxylic acids is 1. The van der Waals surface area contributed by atoms with Crippen molar-refractivity contribution in [1.29, 1.82) is 0 Å². The minimum atomic E-state index is -1.22. The van der Waals surface area contributed by atoms with Gasteiger partial charge in [0.15, 0.2) is 5.43 Å². The van der Waals surface area contributed by atoms with Gasteiger partial charge in [0.2, 0.25) is 0 Å². The molecule has 1 atom stereocenters. The lowest BCUT2D eigenvalue weighted by molar-refractivity contribution is 0.0693. The van der Waals surface area contributed by atoms with Crippen molar-refractivity contribution in [3.05, 3.63) is 58.0 Å². The molecule has 2 aliphatic rings. The molecule has 7 heteroatoms. The molecule has 1 aliphatic carbocycles. The first-order valence-corrected chi connectivity index (χ1v) is 10.5. The summed E-state index contributed by atoms with van der Waals surface area (Å²) < 4.78 is 3.91. The van der Waals surface area contributed by atoms with Crippen molar-refractivity contribution in [2.75, 3.05) is 0 Å². The van der Waals surface area contributed by atoms with Gasteiger partial charge in [-0.1, -0.05) is 32.9 Å². The number of carbonyl (C=O) groups is 1. The molecule has 0 amide bonds. The highest BCUT2D eigenvalue weighted by Crippen LogP contribution is 2.50. The van der Waals surface area contributed by atoms with Gasteiger partial charge in [0.05, 0.1) is 29.7 Å². The number of benzene rings is 1. The summed E-state index contributed by atoms with van der Waals surface area (Å²) in [6, 6.07) is 8.44. The number of pyridine rings is 1. The van der Waals surface area contributed by atoms with E-state index in [1.807, 2.05) is 15.3 Å². The molecule has 1 saturated carbocycles. The molecule has 1 aliphatic heterocycles. The maximum atomic E-state index is 12.7. The number of aromatic hydroxyl groups is 1. The van der Waals surface area contributed by atoms with Gasteiger partial charge in [-0.2, -0.15) is 5.10 Å². The first-order chi connectivity index (χ1) is 14.6. The van der Waals surface area contributed by atoms with E-state index in [4.69, 9.17) is 5.10 Å². The van der Waals surface area contributed by atoms with Crippen LogP contribution in [-0.4, -0.2) is 30.5 Å². The fraction of sp³-hybridized carbons (Fsp3) is 0.375. The number of hydrogen-bond acceptors (Lipinski definition) is 4. The van der Waals surface area contributed by atoms with Crippen LogP contribution in [0.25, 0.3) is 22.5 Å². The summed E-state index contributed by atoms with van der Waals surface area (Å²) in [5, 5.41) is 24.6. The Hall–Kier alpha value is -3.35. The second-order valence-electron chi connectivity index (χ2n) is 9.65. The second kappa shape index (κ2) is 6.57. The molecule has 31 heavy (non-hydrogen) atoms. The summed E-state index contributed by atoms with van der Waals surface area (Å²) in [6.45, 7) is 6.89. The quantitative estimate of drug-likeness (QED) is 0.661. The Balaban J connectivity index is 1.84. The maximum absolute atomic E-state index is 12.7. The van der Waals surface area contributed by atoms with Gasteiger partial charge in [0.25, 0.3) is 0 Å². The molecule has 3 aromatic rings. The van der Waals surface area contributed by atoms with Crippen molar-refractivity contribution in [2.45, 2.75) is 52.1 Å². The lowest BCUT2D eigenvalue weighted by Crippen LogP contribution is -2.35. The average molecular weight is 419 g/mol. The molecular formula is C24H25N3O4. The molecule has 1 fully saturated rings. The van der Waals surface area contributed by atoms with Gasteiger partial charge in [-0.05, 0) is 36.0 Å². The van der Waals surface area contributed by atoms with Crippen LogP contribution in [0.3, 0.4) is 0 Å². The van der Waals surface area contributed by atoms with Gasteiger partial charge in [-0.15, -0.1) is 0 Å². The normalized spacial score (nSPS) is 17.8. The van der Waals surface area contributed by atoms with Crippen LogP contribution in [0.4, 0.5) is 0 Å². The summed E-state index contributed by atoms with van der Waals surface area (Å²) >= 11 is 0. The fourth-order valence-electron chi connectivity index (χ4n) is 4.56. The van der Waals surface area contributed by atoms with E-state index in [0.717, 1.165) is 35.4 Å². The lowest BCUT2D eigenvalue weighted by Gasteiger charge is -2.38. The van der Waals surface area contributed by atoms with E-state index in [1.165, 1.54) is 12.3 Å². The van der Waals surface area contributed by atoms with Gasteiger partial charge in [-0.25, -0.2) is 4.79 Å². The highest BCUT2D eigenvalue weighted by molar-refractivity contribution is 5.89. The Bertz CT molecular complexity index is 1270. The SMILES string of the molecule is CC(C)(C)[C@@H]1Cn2nc(C3CC3)c(-c3cccc(O)c3)c2-c2cc(=O)c(C(=O)O)cn21. The molecule has 0 bridgehead atoms. The van der Waals surface area contributed by atoms with Crippen LogP contribution in [0, 0.1) is 5.41 Å². The minimum Gasteiger partial charge on any atom is -0.508 e. The van der Waals surface area contributed by atoms with Crippen LogP contribution in [0.15, 0.2) is 41.3 Å². The van der Waals surface area contributed by atoms with Crippen molar-refractivity contribution in [3.63, 3.8) is 0 Å². The Morgan fingerprint density at radius 1 is 1.19 bits per heavy atom. The van der Waals surface area contributed by atoms with Crippen LogP contribution in [0.2, 0.25) is 0 Å². The number of carboxylic acid groups (broad SMARTS) is 1.